The quantitative estimate of drug-likeness (QED) is 0.448. The average Bonchev–Trinajstić information content (AvgIpc) is 3.53. The van der Waals surface area contributed by atoms with Gasteiger partial charge in [0.15, 0.2) is 11.6 Å². The molecule has 0 aliphatic heterocycles. The summed E-state index contributed by atoms with van der Waals surface area (Å²) in [5.74, 6) is 1.24. The van der Waals surface area contributed by atoms with E-state index in [9.17, 15) is 9.18 Å². The Kier molecular flexibility index (Phi) is 5.46. The SMILES string of the molecule is O=C(Nc1ccn(Cc2cccc(F)c2)n1)c1ccc(COc2ccc3c(c2)CCC3)o1. The molecule has 0 radical (unpaired) electrons. The fraction of sp³-hybridized carbons (Fsp3) is 0.200. The van der Waals surface area contributed by atoms with Gasteiger partial charge in [-0.05, 0) is 72.4 Å². The number of aryl methyl sites for hydroxylation is 2. The summed E-state index contributed by atoms with van der Waals surface area (Å²) in [6.45, 7) is 0.646. The standard InChI is InChI=1S/C25H22FN3O3/c26-20-6-1-3-17(13-20)15-29-12-11-24(28-29)27-25(30)23-10-9-22(32-23)16-31-21-8-7-18-4-2-5-19(18)14-21/h1,3,6-14H,2,4-5,15-16H2,(H,27,28,30). The number of ether oxygens (including phenoxy) is 1. The van der Waals surface area contributed by atoms with Crippen molar-refractivity contribution in [2.75, 3.05) is 5.32 Å². The summed E-state index contributed by atoms with van der Waals surface area (Å²) in [5.41, 5.74) is 3.52. The molecule has 2 heterocycles. The lowest BCUT2D eigenvalue weighted by molar-refractivity contribution is 0.0992. The zero-order valence-corrected chi connectivity index (χ0v) is 17.4. The fourth-order valence-corrected chi connectivity index (χ4v) is 3.89. The summed E-state index contributed by atoms with van der Waals surface area (Å²) < 4.78 is 26.4. The van der Waals surface area contributed by atoms with Crippen LogP contribution in [0.15, 0.2) is 71.3 Å². The van der Waals surface area contributed by atoms with E-state index in [2.05, 4.69) is 22.5 Å². The lowest BCUT2D eigenvalue weighted by Gasteiger charge is -2.06. The molecule has 0 spiro atoms. The zero-order valence-electron chi connectivity index (χ0n) is 17.4. The van der Waals surface area contributed by atoms with Gasteiger partial charge in [-0.25, -0.2) is 4.39 Å². The summed E-state index contributed by atoms with van der Waals surface area (Å²) in [6.07, 6.45) is 5.14. The van der Waals surface area contributed by atoms with E-state index in [1.54, 1.807) is 35.1 Å². The Morgan fingerprint density at radius 2 is 2.00 bits per heavy atom. The average molecular weight is 431 g/mol. The van der Waals surface area contributed by atoms with Gasteiger partial charge in [-0.15, -0.1) is 0 Å². The number of anilines is 1. The lowest BCUT2D eigenvalue weighted by Crippen LogP contribution is -2.12. The Balaban J connectivity index is 1.17. The van der Waals surface area contributed by atoms with Crippen LogP contribution in [-0.2, 0) is 26.0 Å². The number of hydrogen-bond donors (Lipinski definition) is 1. The van der Waals surface area contributed by atoms with Gasteiger partial charge in [0.1, 0.15) is 23.9 Å². The second-order valence-corrected chi connectivity index (χ2v) is 7.82. The van der Waals surface area contributed by atoms with E-state index in [1.807, 2.05) is 12.1 Å². The minimum absolute atomic E-state index is 0.178. The van der Waals surface area contributed by atoms with Crippen LogP contribution in [0.1, 0.15) is 39.4 Å². The molecule has 7 heteroatoms. The zero-order chi connectivity index (χ0) is 21.9. The first-order valence-corrected chi connectivity index (χ1v) is 10.5. The number of halogens is 1. The van der Waals surface area contributed by atoms with Crippen LogP contribution in [0.2, 0.25) is 0 Å². The topological polar surface area (TPSA) is 69.3 Å². The third-order valence-corrected chi connectivity index (χ3v) is 5.45. The van der Waals surface area contributed by atoms with Gasteiger partial charge < -0.3 is 14.5 Å². The van der Waals surface area contributed by atoms with Gasteiger partial charge in [-0.2, -0.15) is 5.10 Å². The second kappa shape index (κ2) is 8.70. The van der Waals surface area contributed by atoms with Gasteiger partial charge in [0, 0.05) is 12.3 Å². The van der Waals surface area contributed by atoms with E-state index in [0.717, 1.165) is 24.2 Å². The molecule has 4 aromatic rings. The van der Waals surface area contributed by atoms with Crippen molar-refractivity contribution in [2.45, 2.75) is 32.4 Å². The number of benzene rings is 2. The van der Waals surface area contributed by atoms with Crippen LogP contribution in [0, 0.1) is 5.82 Å². The van der Waals surface area contributed by atoms with Crippen molar-refractivity contribution < 1.29 is 18.3 Å². The Morgan fingerprint density at radius 1 is 1.09 bits per heavy atom. The molecule has 2 aromatic heterocycles. The van der Waals surface area contributed by atoms with Crippen LogP contribution in [0.25, 0.3) is 0 Å². The number of nitrogens with one attached hydrogen (secondary N) is 1. The molecule has 0 atom stereocenters. The van der Waals surface area contributed by atoms with Crippen molar-refractivity contribution in [1.82, 2.24) is 9.78 Å². The third kappa shape index (κ3) is 4.56. The first-order chi connectivity index (χ1) is 15.6. The van der Waals surface area contributed by atoms with E-state index in [4.69, 9.17) is 9.15 Å². The molecule has 1 aliphatic carbocycles. The van der Waals surface area contributed by atoms with Crippen LogP contribution in [0.4, 0.5) is 10.2 Å². The van der Waals surface area contributed by atoms with Gasteiger partial charge in [0.2, 0.25) is 0 Å². The first-order valence-electron chi connectivity index (χ1n) is 10.5. The number of nitrogens with zero attached hydrogens (tertiary/aromatic N) is 2. The first kappa shape index (κ1) is 20.1. The largest absolute Gasteiger partial charge is 0.486 e. The molecular formula is C25H22FN3O3. The summed E-state index contributed by atoms with van der Waals surface area (Å²) in [6, 6.07) is 17.5. The Hall–Kier alpha value is -3.87. The predicted octanol–water partition coefficient (Wildman–Crippen LogP) is 4.98. The van der Waals surface area contributed by atoms with Gasteiger partial charge in [0.05, 0.1) is 6.54 Å². The van der Waals surface area contributed by atoms with Gasteiger partial charge in [0.25, 0.3) is 5.91 Å². The lowest BCUT2D eigenvalue weighted by atomic mass is 10.1. The van der Waals surface area contributed by atoms with Crippen LogP contribution in [0.3, 0.4) is 0 Å². The van der Waals surface area contributed by atoms with Crippen molar-refractivity contribution in [2.24, 2.45) is 0 Å². The molecule has 6 nitrogen and oxygen atoms in total. The van der Waals surface area contributed by atoms with Crippen molar-refractivity contribution >= 4 is 11.7 Å². The highest BCUT2D eigenvalue weighted by Crippen LogP contribution is 2.26. The number of rotatable bonds is 7. The summed E-state index contributed by atoms with van der Waals surface area (Å²) in [7, 11) is 0. The van der Waals surface area contributed by atoms with Crippen molar-refractivity contribution in [1.29, 1.82) is 0 Å². The smallest absolute Gasteiger partial charge is 0.292 e. The summed E-state index contributed by atoms with van der Waals surface area (Å²) >= 11 is 0. The highest BCUT2D eigenvalue weighted by molar-refractivity contribution is 6.01. The molecule has 32 heavy (non-hydrogen) atoms. The van der Waals surface area contributed by atoms with Crippen LogP contribution >= 0.6 is 0 Å². The van der Waals surface area contributed by atoms with E-state index in [1.165, 1.54) is 29.7 Å². The van der Waals surface area contributed by atoms with Crippen LogP contribution < -0.4 is 10.1 Å². The Morgan fingerprint density at radius 3 is 2.91 bits per heavy atom. The number of amides is 1. The van der Waals surface area contributed by atoms with Crippen LogP contribution in [-0.4, -0.2) is 15.7 Å². The molecule has 0 fully saturated rings. The number of furan rings is 1. The van der Waals surface area contributed by atoms with E-state index in [0.29, 0.717) is 18.1 Å². The molecule has 1 aliphatic rings. The monoisotopic (exact) mass is 431 g/mol. The predicted molar refractivity (Wildman–Crippen MR) is 117 cm³/mol. The van der Waals surface area contributed by atoms with Gasteiger partial charge >= 0.3 is 0 Å². The highest BCUT2D eigenvalue weighted by atomic mass is 19.1. The number of aromatic nitrogens is 2. The van der Waals surface area contributed by atoms with Gasteiger partial charge in [-0.1, -0.05) is 18.2 Å². The van der Waals surface area contributed by atoms with E-state index in [-0.39, 0.29) is 18.2 Å². The third-order valence-electron chi connectivity index (χ3n) is 5.45. The number of hydrogen-bond acceptors (Lipinski definition) is 4. The van der Waals surface area contributed by atoms with Crippen molar-refractivity contribution in [3.63, 3.8) is 0 Å². The molecule has 0 saturated carbocycles. The molecule has 5 rings (SSSR count). The molecule has 0 saturated heterocycles. The maximum Gasteiger partial charge on any atom is 0.292 e. The molecule has 2 aromatic carbocycles. The molecule has 162 valence electrons. The molecule has 0 unspecified atom stereocenters. The maximum absolute atomic E-state index is 13.3. The molecule has 1 amide bonds. The molecule has 0 bridgehead atoms. The highest BCUT2D eigenvalue weighted by Gasteiger charge is 2.15. The maximum atomic E-state index is 13.3. The van der Waals surface area contributed by atoms with Gasteiger partial charge in [-0.3, -0.25) is 9.48 Å². The molecule has 1 N–H and O–H groups in total. The summed E-state index contributed by atoms with van der Waals surface area (Å²) in [5, 5.41) is 7.02. The van der Waals surface area contributed by atoms with Crippen LogP contribution in [0.5, 0.6) is 5.75 Å². The Bertz CT molecular complexity index is 1260. The van der Waals surface area contributed by atoms with E-state index >= 15 is 0 Å². The van der Waals surface area contributed by atoms with Crippen molar-refractivity contribution in [3.05, 3.63) is 101 Å². The Labute approximate surface area is 184 Å². The normalized spacial score (nSPS) is 12.5. The fourth-order valence-electron chi connectivity index (χ4n) is 3.89. The number of carbonyl (C=O) groups is 1. The number of carbonyl (C=O) groups excluding carboxylic acids is 1. The minimum Gasteiger partial charge on any atom is -0.486 e. The van der Waals surface area contributed by atoms with E-state index < -0.39 is 5.91 Å². The summed E-state index contributed by atoms with van der Waals surface area (Å²) in [4.78, 5) is 12.5. The minimum atomic E-state index is -0.398. The number of fused-ring (bicyclic) bond motifs is 1. The van der Waals surface area contributed by atoms with Crippen molar-refractivity contribution in [3.8, 4) is 5.75 Å². The molecular weight excluding hydrogens is 409 g/mol. The second-order valence-electron chi connectivity index (χ2n) is 7.82.